The Morgan fingerprint density at radius 2 is 2.15 bits per heavy atom. The SMILES string of the molecule is Cc1cn(C)c(=O)nc1SC(C)C. The van der Waals surface area contributed by atoms with Crippen molar-refractivity contribution in [2.24, 2.45) is 7.05 Å². The zero-order valence-corrected chi connectivity index (χ0v) is 9.18. The van der Waals surface area contributed by atoms with Gasteiger partial charge in [-0.05, 0) is 12.5 Å². The Morgan fingerprint density at radius 1 is 1.54 bits per heavy atom. The predicted molar refractivity (Wildman–Crippen MR) is 55.2 cm³/mol. The van der Waals surface area contributed by atoms with Crippen LogP contribution >= 0.6 is 11.8 Å². The van der Waals surface area contributed by atoms with E-state index < -0.39 is 0 Å². The van der Waals surface area contributed by atoms with Crippen molar-refractivity contribution in [3.05, 3.63) is 22.2 Å². The molecule has 72 valence electrons. The fraction of sp³-hybridized carbons (Fsp3) is 0.556. The maximum atomic E-state index is 11.2. The average molecular weight is 198 g/mol. The van der Waals surface area contributed by atoms with E-state index in [4.69, 9.17) is 0 Å². The van der Waals surface area contributed by atoms with Gasteiger partial charge in [-0.25, -0.2) is 4.79 Å². The van der Waals surface area contributed by atoms with Crippen molar-refractivity contribution in [3.63, 3.8) is 0 Å². The van der Waals surface area contributed by atoms with E-state index in [1.54, 1.807) is 18.8 Å². The Labute approximate surface area is 82.2 Å². The third kappa shape index (κ3) is 2.59. The van der Waals surface area contributed by atoms with E-state index in [-0.39, 0.29) is 5.69 Å². The molecule has 0 aliphatic rings. The summed E-state index contributed by atoms with van der Waals surface area (Å²) < 4.78 is 1.50. The Balaban J connectivity index is 3.09. The van der Waals surface area contributed by atoms with Crippen LogP contribution in [0.3, 0.4) is 0 Å². The van der Waals surface area contributed by atoms with Crippen LogP contribution in [0.1, 0.15) is 19.4 Å². The van der Waals surface area contributed by atoms with Crippen LogP contribution in [0.2, 0.25) is 0 Å². The standard InChI is InChI=1S/C9H14N2OS/c1-6(2)13-8-7(3)5-11(4)9(12)10-8/h5-6H,1-4H3. The lowest BCUT2D eigenvalue weighted by Gasteiger charge is -2.07. The maximum Gasteiger partial charge on any atom is 0.348 e. The van der Waals surface area contributed by atoms with E-state index in [0.29, 0.717) is 5.25 Å². The molecule has 0 aromatic carbocycles. The van der Waals surface area contributed by atoms with Crippen LogP contribution in [-0.2, 0) is 7.05 Å². The van der Waals surface area contributed by atoms with Gasteiger partial charge in [0.1, 0.15) is 5.03 Å². The Kier molecular flexibility index (Phi) is 3.14. The first kappa shape index (κ1) is 10.3. The van der Waals surface area contributed by atoms with E-state index in [2.05, 4.69) is 18.8 Å². The molecule has 0 aliphatic heterocycles. The molecule has 1 aromatic heterocycles. The molecule has 0 saturated carbocycles. The first-order valence-corrected chi connectivity index (χ1v) is 5.09. The molecule has 0 unspecified atom stereocenters. The van der Waals surface area contributed by atoms with Gasteiger partial charge in [0, 0.05) is 18.5 Å². The van der Waals surface area contributed by atoms with Gasteiger partial charge in [0.05, 0.1) is 0 Å². The molecule has 0 atom stereocenters. The number of hydrogen-bond acceptors (Lipinski definition) is 3. The van der Waals surface area contributed by atoms with Gasteiger partial charge in [0.2, 0.25) is 0 Å². The van der Waals surface area contributed by atoms with Crippen LogP contribution in [0.4, 0.5) is 0 Å². The summed E-state index contributed by atoms with van der Waals surface area (Å²) in [6, 6.07) is 0. The summed E-state index contributed by atoms with van der Waals surface area (Å²) >= 11 is 1.62. The normalized spacial score (nSPS) is 10.8. The van der Waals surface area contributed by atoms with Gasteiger partial charge < -0.3 is 4.57 Å². The van der Waals surface area contributed by atoms with Crippen molar-refractivity contribution in [1.82, 2.24) is 9.55 Å². The third-order valence-corrected chi connectivity index (χ3v) is 2.68. The van der Waals surface area contributed by atoms with E-state index in [0.717, 1.165) is 10.6 Å². The second kappa shape index (κ2) is 3.96. The van der Waals surface area contributed by atoms with Crippen molar-refractivity contribution < 1.29 is 0 Å². The molecule has 1 heterocycles. The third-order valence-electron chi connectivity index (χ3n) is 1.57. The van der Waals surface area contributed by atoms with Gasteiger partial charge >= 0.3 is 5.69 Å². The first-order valence-electron chi connectivity index (χ1n) is 4.21. The van der Waals surface area contributed by atoms with Crippen LogP contribution < -0.4 is 5.69 Å². The molecule has 0 spiro atoms. The van der Waals surface area contributed by atoms with Gasteiger partial charge in [-0.2, -0.15) is 4.98 Å². The van der Waals surface area contributed by atoms with Crippen molar-refractivity contribution in [2.45, 2.75) is 31.0 Å². The minimum Gasteiger partial charge on any atom is -0.302 e. The van der Waals surface area contributed by atoms with Crippen LogP contribution in [0.5, 0.6) is 0 Å². The Morgan fingerprint density at radius 3 is 2.69 bits per heavy atom. The smallest absolute Gasteiger partial charge is 0.302 e. The minimum atomic E-state index is -0.186. The number of nitrogens with zero attached hydrogens (tertiary/aromatic N) is 2. The fourth-order valence-corrected chi connectivity index (χ4v) is 1.81. The van der Waals surface area contributed by atoms with Gasteiger partial charge in [-0.3, -0.25) is 0 Å². The van der Waals surface area contributed by atoms with E-state index in [1.165, 1.54) is 4.57 Å². The van der Waals surface area contributed by atoms with Gasteiger partial charge in [0.15, 0.2) is 0 Å². The Hall–Kier alpha value is -0.770. The highest BCUT2D eigenvalue weighted by molar-refractivity contribution is 7.99. The summed E-state index contributed by atoms with van der Waals surface area (Å²) in [4.78, 5) is 15.2. The monoisotopic (exact) mass is 198 g/mol. The lowest BCUT2D eigenvalue weighted by Crippen LogP contribution is -2.20. The fourth-order valence-electron chi connectivity index (χ4n) is 0.997. The number of hydrogen-bond donors (Lipinski definition) is 0. The molecule has 0 radical (unpaired) electrons. The molecule has 0 amide bonds. The predicted octanol–water partition coefficient (Wildman–Crippen LogP) is 1.59. The molecule has 0 bridgehead atoms. The van der Waals surface area contributed by atoms with Gasteiger partial charge in [-0.1, -0.05) is 13.8 Å². The van der Waals surface area contributed by atoms with E-state index in [9.17, 15) is 4.79 Å². The molecule has 4 heteroatoms. The molecule has 1 aromatic rings. The van der Waals surface area contributed by atoms with Crippen molar-refractivity contribution in [2.75, 3.05) is 0 Å². The summed E-state index contributed by atoms with van der Waals surface area (Å²) in [5.74, 6) is 0. The van der Waals surface area contributed by atoms with Crippen LogP contribution in [-0.4, -0.2) is 14.8 Å². The van der Waals surface area contributed by atoms with Crippen molar-refractivity contribution in [3.8, 4) is 0 Å². The highest BCUT2D eigenvalue weighted by atomic mass is 32.2. The summed E-state index contributed by atoms with van der Waals surface area (Å²) in [5, 5.41) is 1.30. The van der Waals surface area contributed by atoms with Crippen LogP contribution in [0.25, 0.3) is 0 Å². The zero-order chi connectivity index (χ0) is 10.0. The molecule has 3 nitrogen and oxygen atoms in total. The molecular weight excluding hydrogens is 184 g/mol. The molecule has 0 saturated heterocycles. The molecule has 0 fully saturated rings. The quantitative estimate of drug-likeness (QED) is 0.534. The first-order chi connectivity index (χ1) is 6.00. The lowest BCUT2D eigenvalue weighted by atomic mass is 10.4. The molecule has 1 rings (SSSR count). The molecule has 13 heavy (non-hydrogen) atoms. The lowest BCUT2D eigenvalue weighted by molar-refractivity contribution is 0.767. The maximum absolute atomic E-state index is 11.2. The summed E-state index contributed by atoms with van der Waals surface area (Å²) in [6.45, 7) is 6.14. The van der Waals surface area contributed by atoms with E-state index >= 15 is 0 Å². The minimum absolute atomic E-state index is 0.186. The number of rotatable bonds is 2. The number of aromatic nitrogens is 2. The summed E-state index contributed by atoms with van der Waals surface area (Å²) in [7, 11) is 1.71. The summed E-state index contributed by atoms with van der Waals surface area (Å²) in [6.07, 6.45) is 1.82. The highest BCUT2D eigenvalue weighted by Crippen LogP contribution is 2.22. The zero-order valence-electron chi connectivity index (χ0n) is 8.37. The molecule has 0 aliphatic carbocycles. The Bertz CT molecular complexity index is 357. The van der Waals surface area contributed by atoms with E-state index in [1.807, 2.05) is 13.1 Å². The molecule has 0 N–H and O–H groups in total. The number of aryl methyl sites for hydroxylation is 2. The highest BCUT2D eigenvalue weighted by Gasteiger charge is 2.05. The van der Waals surface area contributed by atoms with Crippen LogP contribution in [0, 0.1) is 6.92 Å². The van der Waals surface area contributed by atoms with Crippen molar-refractivity contribution >= 4 is 11.8 Å². The topological polar surface area (TPSA) is 34.9 Å². The van der Waals surface area contributed by atoms with Crippen molar-refractivity contribution in [1.29, 1.82) is 0 Å². The number of thioether (sulfide) groups is 1. The van der Waals surface area contributed by atoms with Crippen LogP contribution in [0.15, 0.2) is 16.0 Å². The largest absolute Gasteiger partial charge is 0.348 e. The second-order valence-electron chi connectivity index (χ2n) is 3.29. The van der Waals surface area contributed by atoms with Gasteiger partial charge in [-0.15, -0.1) is 11.8 Å². The molecular formula is C9H14N2OS. The second-order valence-corrected chi connectivity index (χ2v) is 4.85. The average Bonchev–Trinajstić information content (AvgIpc) is 1.99. The summed E-state index contributed by atoms with van der Waals surface area (Å²) in [5.41, 5.74) is 0.870. The van der Waals surface area contributed by atoms with Gasteiger partial charge in [0.25, 0.3) is 0 Å².